The fraction of sp³-hybridized carbons (Fsp3) is 0.0833. The maximum atomic E-state index is 12.8. The van der Waals surface area contributed by atoms with Crippen LogP contribution in [-0.4, -0.2) is 16.7 Å². The fourth-order valence-corrected chi connectivity index (χ4v) is 2.82. The summed E-state index contributed by atoms with van der Waals surface area (Å²) in [5.41, 5.74) is 2.70. The van der Waals surface area contributed by atoms with E-state index in [1.807, 2.05) is 31.2 Å². The minimum absolute atomic E-state index is 0.0125. The third kappa shape index (κ3) is 6.11. The minimum Gasteiger partial charge on any atom is -0.347 e. The van der Waals surface area contributed by atoms with Crippen LogP contribution in [0.4, 0.5) is 5.69 Å². The molecule has 0 aliphatic carbocycles. The molecule has 0 aliphatic rings. The van der Waals surface area contributed by atoms with Gasteiger partial charge in [-0.1, -0.05) is 60.2 Å². The maximum Gasteiger partial charge on any atom is 0.270 e. The van der Waals surface area contributed by atoms with Crippen LogP contribution in [0.25, 0.3) is 6.08 Å². The zero-order valence-electron chi connectivity index (χ0n) is 16.9. The lowest BCUT2D eigenvalue weighted by atomic mass is 10.1. The Kier molecular flexibility index (Phi) is 6.90. The van der Waals surface area contributed by atoms with Gasteiger partial charge in [-0.3, -0.25) is 19.7 Å². The van der Waals surface area contributed by atoms with E-state index in [1.165, 1.54) is 24.3 Å². The predicted molar refractivity (Wildman–Crippen MR) is 118 cm³/mol. The molecule has 0 radical (unpaired) electrons. The van der Waals surface area contributed by atoms with E-state index in [0.29, 0.717) is 11.1 Å². The first-order chi connectivity index (χ1) is 14.9. The molecule has 2 N–H and O–H groups in total. The van der Waals surface area contributed by atoms with E-state index in [4.69, 9.17) is 0 Å². The zero-order chi connectivity index (χ0) is 22.2. The summed E-state index contributed by atoms with van der Waals surface area (Å²) in [6.45, 7) is 2.24. The number of amides is 2. The first-order valence-corrected chi connectivity index (χ1v) is 9.58. The Balaban J connectivity index is 1.84. The molecule has 0 spiro atoms. The molecule has 3 rings (SSSR count). The second-order valence-electron chi connectivity index (χ2n) is 6.90. The van der Waals surface area contributed by atoms with Gasteiger partial charge in [-0.05, 0) is 36.3 Å². The molecule has 2 amide bonds. The standard InChI is InChI=1S/C24H21N3O4/c1-17-10-12-18(13-11-17)16-25-24(29)22(26-23(28)20-7-3-2-4-8-20)15-19-6-5-9-21(14-19)27(30)31/h2-15H,16H2,1H3,(H,25,29)(H,26,28)/b22-15-. The monoisotopic (exact) mass is 415 g/mol. The number of nitro benzene ring substituents is 1. The number of rotatable bonds is 7. The number of hydrogen-bond donors (Lipinski definition) is 2. The van der Waals surface area contributed by atoms with Gasteiger partial charge in [0.25, 0.3) is 17.5 Å². The van der Waals surface area contributed by atoms with E-state index < -0.39 is 16.7 Å². The van der Waals surface area contributed by atoms with Gasteiger partial charge in [0.15, 0.2) is 0 Å². The van der Waals surface area contributed by atoms with Gasteiger partial charge in [0.2, 0.25) is 0 Å². The summed E-state index contributed by atoms with van der Waals surface area (Å²) < 4.78 is 0. The van der Waals surface area contributed by atoms with Gasteiger partial charge in [0, 0.05) is 24.2 Å². The number of non-ortho nitro benzene ring substituents is 1. The molecule has 31 heavy (non-hydrogen) atoms. The van der Waals surface area contributed by atoms with Gasteiger partial charge < -0.3 is 10.6 Å². The molecule has 0 fully saturated rings. The summed E-state index contributed by atoms with van der Waals surface area (Å²) in [5, 5.41) is 16.4. The number of carbonyl (C=O) groups excluding carboxylic acids is 2. The van der Waals surface area contributed by atoms with Gasteiger partial charge in [0.1, 0.15) is 5.70 Å². The quantitative estimate of drug-likeness (QED) is 0.346. The first-order valence-electron chi connectivity index (χ1n) is 9.58. The highest BCUT2D eigenvalue weighted by atomic mass is 16.6. The van der Waals surface area contributed by atoms with Crippen molar-refractivity contribution < 1.29 is 14.5 Å². The summed E-state index contributed by atoms with van der Waals surface area (Å²) in [7, 11) is 0. The normalized spacial score (nSPS) is 10.9. The van der Waals surface area contributed by atoms with Crippen LogP contribution in [0.2, 0.25) is 0 Å². The highest BCUT2D eigenvalue weighted by Gasteiger charge is 2.15. The molecular weight excluding hydrogens is 394 g/mol. The molecule has 0 saturated heterocycles. The Morgan fingerprint density at radius 2 is 1.68 bits per heavy atom. The SMILES string of the molecule is Cc1ccc(CNC(=O)/C(=C/c2cccc([N+](=O)[O-])c2)NC(=O)c2ccccc2)cc1. The first kappa shape index (κ1) is 21.4. The van der Waals surface area contributed by atoms with Crippen LogP contribution in [-0.2, 0) is 11.3 Å². The molecule has 0 atom stereocenters. The molecule has 0 aromatic heterocycles. The lowest BCUT2D eigenvalue weighted by Crippen LogP contribution is -2.34. The van der Waals surface area contributed by atoms with Crippen LogP contribution in [0.3, 0.4) is 0 Å². The summed E-state index contributed by atoms with van der Waals surface area (Å²) in [6, 6.07) is 22.0. The molecule has 3 aromatic carbocycles. The highest BCUT2D eigenvalue weighted by molar-refractivity contribution is 6.05. The van der Waals surface area contributed by atoms with Gasteiger partial charge >= 0.3 is 0 Å². The van der Waals surface area contributed by atoms with Crippen molar-refractivity contribution in [2.45, 2.75) is 13.5 Å². The molecule has 0 bridgehead atoms. The molecule has 7 nitrogen and oxygen atoms in total. The molecule has 0 aliphatic heterocycles. The Bertz CT molecular complexity index is 1120. The van der Waals surface area contributed by atoms with Crippen molar-refractivity contribution >= 4 is 23.6 Å². The van der Waals surface area contributed by atoms with Gasteiger partial charge in [0.05, 0.1) is 4.92 Å². The summed E-state index contributed by atoms with van der Waals surface area (Å²) in [5.74, 6) is -0.959. The maximum absolute atomic E-state index is 12.8. The van der Waals surface area contributed by atoms with E-state index >= 15 is 0 Å². The highest BCUT2D eigenvalue weighted by Crippen LogP contribution is 2.16. The Morgan fingerprint density at radius 3 is 2.35 bits per heavy atom. The van der Waals surface area contributed by atoms with Crippen molar-refractivity contribution in [3.05, 3.63) is 117 Å². The number of carbonyl (C=O) groups is 2. The van der Waals surface area contributed by atoms with Crippen LogP contribution in [0.1, 0.15) is 27.0 Å². The van der Waals surface area contributed by atoms with Crippen molar-refractivity contribution in [2.24, 2.45) is 0 Å². The topological polar surface area (TPSA) is 101 Å². The van der Waals surface area contributed by atoms with Crippen molar-refractivity contribution in [1.29, 1.82) is 0 Å². The van der Waals surface area contributed by atoms with Crippen molar-refractivity contribution in [3.63, 3.8) is 0 Å². The molecular formula is C24H21N3O4. The molecule has 0 saturated carbocycles. The number of benzene rings is 3. The number of aryl methyl sites for hydroxylation is 1. The summed E-state index contributed by atoms with van der Waals surface area (Å²) >= 11 is 0. The molecule has 0 unspecified atom stereocenters. The van der Waals surface area contributed by atoms with Crippen LogP contribution < -0.4 is 10.6 Å². The third-order valence-electron chi connectivity index (χ3n) is 4.49. The van der Waals surface area contributed by atoms with Crippen LogP contribution in [0, 0.1) is 17.0 Å². The number of nitrogens with zero attached hydrogens (tertiary/aromatic N) is 1. The second kappa shape index (κ2) is 9.98. The van der Waals surface area contributed by atoms with E-state index in [1.54, 1.807) is 36.4 Å². The fourth-order valence-electron chi connectivity index (χ4n) is 2.82. The van der Waals surface area contributed by atoms with E-state index in [2.05, 4.69) is 10.6 Å². The lowest BCUT2D eigenvalue weighted by Gasteiger charge is -2.11. The van der Waals surface area contributed by atoms with Crippen LogP contribution in [0.5, 0.6) is 0 Å². The van der Waals surface area contributed by atoms with Crippen LogP contribution >= 0.6 is 0 Å². The number of nitro groups is 1. The molecule has 156 valence electrons. The summed E-state index contributed by atoms with van der Waals surface area (Å²) in [6.07, 6.45) is 1.41. The van der Waals surface area contributed by atoms with Gasteiger partial charge in [-0.15, -0.1) is 0 Å². The third-order valence-corrected chi connectivity index (χ3v) is 4.49. The Morgan fingerprint density at radius 1 is 0.968 bits per heavy atom. The predicted octanol–water partition coefficient (Wildman–Crippen LogP) is 3.99. The van der Waals surface area contributed by atoms with E-state index in [0.717, 1.165) is 11.1 Å². The van der Waals surface area contributed by atoms with Gasteiger partial charge in [-0.2, -0.15) is 0 Å². The largest absolute Gasteiger partial charge is 0.347 e. The lowest BCUT2D eigenvalue weighted by molar-refractivity contribution is -0.384. The molecule has 3 aromatic rings. The smallest absolute Gasteiger partial charge is 0.270 e. The number of hydrogen-bond acceptors (Lipinski definition) is 4. The molecule has 0 heterocycles. The van der Waals surface area contributed by atoms with Crippen molar-refractivity contribution in [3.8, 4) is 0 Å². The molecule has 7 heteroatoms. The zero-order valence-corrected chi connectivity index (χ0v) is 16.9. The van der Waals surface area contributed by atoms with E-state index in [9.17, 15) is 19.7 Å². The van der Waals surface area contributed by atoms with Crippen molar-refractivity contribution in [2.75, 3.05) is 0 Å². The average molecular weight is 415 g/mol. The minimum atomic E-state index is -0.517. The van der Waals surface area contributed by atoms with Gasteiger partial charge in [-0.25, -0.2) is 0 Å². The van der Waals surface area contributed by atoms with E-state index in [-0.39, 0.29) is 17.9 Å². The Labute approximate surface area is 179 Å². The van der Waals surface area contributed by atoms with Crippen LogP contribution in [0.15, 0.2) is 84.6 Å². The average Bonchev–Trinajstić information content (AvgIpc) is 2.78. The Hall–Kier alpha value is -4.26. The second-order valence-corrected chi connectivity index (χ2v) is 6.90. The summed E-state index contributed by atoms with van der Waals surface area (Å²) in [4.78, 5) is 36.0. The number of nitrogens with one attached hydrogen (secondary N) is 2. The van der Waals surface area contributed by atoms with Crippen molar-refractivity contribution in [1.82, 2.24) is 10.6 Å².